The number of anilines is 2. The fourth-order valence-corrected chi connectivity index (χ4v) is 1.90. The highest BCUT2D eigenvalue weighted by atomic mass is 16.5. The number of aromatic amines is 1. The SMILES string of the molecule is COCCN(c1nc(NN)nc2[nH]ncc12)C(C)C. The van der Waals surface area contributed by atoms with Gasteiger partial charge in [-0.1, -0.05) is 0 Å². The van der Waals surface area contributed by atoms with Crippen LogP contribution in [0.3, 0.4) is 0 Å². The highest BCUT2D eigenvalue weighted by Gasteiger charge is 2.18. The molecule has 2 heterocycles. The molecule has 0 saturated carbocycles. The Labute approximate surface area is 111 Å². The summed E-state index contributed by atoms with van der Waals surface area (Å²) in [6.07, 6.45) is 1.72. The van der Waals surface area contributed by atoms with Crippen LogP contribution in [-0.2, 0) is 4.74 Å². The zero-order chi connectivity index (χ0) is 13.8. The number of nitrogen functional groups attached to an aromatic ring is 1. The summed E-state index contributed by atoms with van der Waals surface area (Å²) in [6, 6.07) is 0.272. The lowest BCUT2D eigenvalue weighted by atomic mass is 10.2. The zero-order valence-electron chi connectivity index (χ0n) is 11.3. The molecule has 0 spiro atoms. The van der Waals surface area contributed by atoms with Crippen LogP contribution in [-0.4, -0.2) is 46.5 Å². The number of methoxy groups -OCH3 is 1. The molecule has 19 heavy (non-hydrogen) atoms. The molecule has 0 amide bonds. The number of hydrogen-bond donors (Lipinski definition) is 3. The maximum atomic E-state index is 5.40. The van der Waals surface area contributed by atoms with E-state index in [0.29, 0.717) is 18.2 Å². The first-order chi connectivity index (χ1) is 9.17. The van der Waals surface area contributed by atoms with Crippen LogP contribution in [0.15, 0.2) is 6.20 Å². The Kier molecular flexibility index (Phi) is 4.13. The molecule has 0 saturated heterocycles. The molecule has 0 radical (unpaired) electrons. The number of nitrogens with two attached hydrogens (primary N) is 1. The van der Waals surface area contributed by atoms with Gasteiger partial charge in [0.05, 0.1) is 18.2 Å². The van der Waals surface area contributed by atoms with Gasteiger partial charge in [0.25, 0.3) is 0 Å². The Morgan fingerprint density at radius 2 is 2.26 bits per heavy atom. The van der Waals surface area contributed by atoms with Crippen LogP contribution >= 0.6 is 0 Å². The van der Waals surface area contributed by atoms with Crippen LogP contribution < -0.4 is 16.2 Å². The highest BCUT2D eigenvalue weighted by molar-refractivity contribution is 5.87. The van der Waals surface area contributed by atoms with Gasteiger partial charge in [-0.15, -0.1) is 0 Å². The number of rotatable bonds is 6. The Bertz CT molecular complexity index is 539. The fourth-order valence-electron chi connectivity index (χ4n) is 1.90. The van der Waals surface area contributed by atoms with E-state index in [1.165, 1.54) is 0 Å². The molecule has 104 valence electrons. The number of ether oxygens (including phenoxy) is 1. The Balaban J connectivity index is 2.47. The van der Waals surface area contributed by atoms with Gasteiger partial charge in [0.15, 0.2) is 5.65 Å². The molecule has 2 rings (SSSR count). The van der Waals surface area contributed by atoms with E-state index in [0.717, 1.165) is 17.7 Å². The average molecular weight is 265 g/mol. The third-order valence-electron chi connectivity index (χ3n) is 2.85. The summed E-state index contributed by atoms with van der Waals surface area (Å²) < 4.78 is 5.15. The third kappa shape index (κ3) is 2.74. The lowest BCUT2D eigenvalue weighted by molar-refractivity contribution is 0.203. The van der Waals surface area contributed by atoms with E-state index < -0.39 is 0 Å². The van der Waals surface area contributed by atoms with Crippen LogP contribution in [0.1, 0.15) is 13.8 Å². The molecule has 4 N–H and O–H groups in total. The lowest BCUT2D eigenvalue weighted by Gasteiger charge is -2.28. The molecule has 2 aromatic rings. The van der Waals surface area contributed by atoms with Crippen molar-refractivity contribution in [3.63, 3.8) is 0 Å². The van der Waals surface area contributed by atoms with E-state index in [9.17, 15) is 0 Å². The standard InChI is InChI=1S/C11H19N7O/c1-7(2)18(4-5-19-3)10-8-6-13-17-9(8)14-11(15-10)16-12/h6-7H,4-5,12H2,1-3H3,(H2,13,14,15,16,17). The van der Waals surface area contributed by atoms with Gasteiger partial charge in [-0.05, 0) is 13.8 Å². The van der Waals surface area contributed by atoms with E-state index in [-0.39, 0.29) is 6.04 Å². The van der Waals surface area contributed by atoms with Gasteiger partial charge >= 0.3 is 0 Å². The maximum absolute atomic E-state index is 5.40. The number of hydrogen-bond acceptors (Lipinski definition) is 7. The van der Waals surface area contributed by atoms with Crippen molar-refractivity contribution in [1.29, 1.82) is 0 Å². The van der Waals surface area contributed by atoms with E-state index >= 15 is 0 Å². The number of aromatic nitrogens is 4. The molecule has 0 bridgehead atoms. The molecule has 0 aromatic carbocycles. The van der Waals surface area contributed by atoms with Gasteiger partial charge < -0.3 is 9.64 Å². The predicted molar refractivity (Wildman–Crippen MR) is 73.9 cm³/mol. The summed E-state index contributed by atoms with van der Waals surface area (Å²) in [5, 5.41) is 7.70. The molecule has 0 unspecified atom stereocenters. The minimum absolute atomic E-state index is 0.272. The minimum atomic E-state index is 0.272. The molecular formula is C11H19N7O. The Morgan fingerprint density at radius 1 is 1.47 bits per heavy atom. The van der Waals surface area contributed by atoms with E-state index in [1.54, 1.807) is 13.3 Å². The summed E-state index contributed by atoms with van der Waals surface area (Å²) in [7, 11) is 1.68. The smallest absolute Gasteiger partial charge is 0.241 e. The van der Waals surface area contributed by atoms with E-state index in [4.69, 9.17) is 10.6 Å². The molecule has 0 aliphatic carbocycles. The van der Waals surface area contributed by atoms with Gasteiger partial charge in [0, 0.05) is 19.7 Å². The summed E-state index contributed by atoms with van der Waals surface area (Å²) in [5.41, 5.74) is 3.12. The minimum Gasteiger partial charge on any atom is -0.383 e. The molecular weight excluding hydrogens is 246 g/mol. The molecule has 8 nitrogen and oxygen atoms in total. The number of nitrogens with zero attached hydrogens (tertiary/aromatic N) is 4. The monoisotopic (exact) mass is 265 g/mol. The van der Waals surface area contributed by atoms with Gasteiger partial charge in [0.2, 0.25) is 5.95 Å². The number of hydrazine groups is 1. The summed E-state index contributed by atoms with van der Waals surface area (Å²) in [5.74, 6) is 6.55. The molecule has 0 atom stereocenters. The van der Waals surface area contributed by atoms with Crippen LogP contribution in [0.25, 0.3) is 11.0 Å². The van der Waals surface area contributed by atoms with Crippen molar-refractivity contribution in [1.82, 2.24) is 20.2 Å². The first-order valence-corrected chi connectivity index (χ1v) is 6.10. The second-order valence-electron chi connectivity index (χ2n) is 4.43. The third-order valence-corrected chi connectivity index (χ3v) is 2.85. The predicted octanol–water partition coefficient (Wildman–Crippen LogP) is 0.500. The lowest BCUT2D eigenvalue weighted by Crippen LogP contribution is -2.35. The van der Waals surface area contributed by atoms with Crippen LogP contribution in [0.5, 0.6) is 0 Å². The van der Waals surface area contributed by atoms with E-state index in [2.05, 4.69) is 44.3 Å². The van der Waals surface area contributed by atoms with Gasteiger partial charge in [-0.3, -0.25) is 10.5 Å². The largest absolute Gasteiger partial charge is 0.383 e. The summed E-state index contributed by atoms with van der Waals surface area (Å²) in [6.45, 7) is 5.54. The number of H-pyrrole nitrogens is 1. The zero-order valence-corrected chi connectivity index (χ0v) is 11.3. The quantitative estimate of drug-likeness (QED) is 0.516. The maximum Gasteiger partial charge on any atom is 0.241 e. The van der Waals surface area contributed by atoms with Crippen LogP contribution in [0.2, 0.25) is 0 Å². The average Bonchev–Trinajstić information content (AvgIpc) is 2.86. The van der Waals surface area contributed by atoms with Crippen molar-refractivity contribution < 1.29 is 4.74 Å². The number of fused-ring (bicyclic) bond motifs is 1. The number of nitrogens with one attached hydrogen (secondary N) is 2. The molecule has 0 aliphatic rings. The summed E-state index contributed by atoms with van der Waals surface area (Å²) >= 11 is 0. The van der Waals surface area contributed by atoms with Gasteiger partial charge in [-0.25, -0.2) is 5.84 Å². The van der Waals surface area contributed by atoms with E-state index in [1.807, 2.05) is 0 Å². The first kappa shape index (κ1) is 13.5. The van der Waals surface area contributed by atoms with Crippen LogP contribution in [0.4, 0.5) is 11.8 Å². The summed E-state index contributed by atoms with van der Waals surface area (Å²) in [4.78, 5) is 10.8. The fraction of sp³-hybridized carbons (Fsp3) is 0.545. The molecule has 0 fully saturated rings. The molecule has 8 heteroatoms. The van der Waals surface area contributed by atoms with Crippen molar-refractivity contribution in [3.05, 3.63) is 6.20 Å². The second kappa shape index (κ2) is 5.81. The first-order valence-electron chi connectivity index (χ1n) is 6.10. The molecule has 0 aliphatic heterocycles. The van der Waals surface area contributed by atoms with Crippen molar-refractivity contribution in [2.24, 2.45) is 5.84 Å². The molecule has 2 aromatic heterocycles. The highest BCUT2D eigenvalue weighted by Crippen LogP contribution is 2.25. The van der Waals surface area contributed by atoms with Gasteiger partial charge in [0.1, 0.15) is 5.82 Å². The van der Waals surface area contributed by atoms with Crippen molar-refractivity contribution >= 4 is 22.8 Å². The Morgan fingerprint density at radius 3 is 2.89 bits per heavy atom. The second-order valence-corrected chi connectivity index (χ2v) is 4.43. The van der Waals surface area contributed by atoms with Crippen molar-refractivity contribution in [2.75, 3.05) is 30.6 Å². The normalized spacial score (nSPS) is 11.2. The topological polar surface area (TPSA) is 105 Å². The van der Waals surface area contributed by atoms with Gasteiger partial charge in [-0.2, -0.15) is 15.1 Å². The van der Waals surface area contributed by atoms with Crippen molar-refractivity contribution in [2.45, 2.75) is 19.9 Å². The van der Waals surface area contributed by atoms with Crippen LogP contribution in [0, 0.1) is 0 Å². The Hall–Kier alpha value is -1.93. The van der Waals surface area contributed by atoms with Crippen molar-refractivity contribution in [3.8, 4) is 0 Å².